The van der Waals surface area contributed by atoms with E-state index in [1.165, 1.54) is 65.5 Å². The fourth-order valence-corrected chi connectivity index (χ4v) is 4.53. The summed E-state index contributed by atoms with van der Waals surface area (Å²) in [5.74, 6) is 0. The first kappa shape index (κ1) is 22.6. The van der Waals surface area contributed by atoms with Gasteiger partial charge in [-0.15, -0.1) is 0 Å². The fourth-order valence-electron chi connectivity index (χ4n) is 4.53. The summed E-state index contributed by atoms with van der Waals surface area (Å²) in [6.07, 6.45) is 11.0. The van der Waals surface area contributed by atoms with Gasteiger partial charge in [0, 0.05) is 32.4 Å². The van der Waals surface area contributed by atoms with Crippen LogP contribution in [0.15, 0.2) is 48.7 Å². The lowest BCUT2D eigenvalue weighted by Gasteiger charge is -2.23. The van der Waals surface area contributed by atoms with Crippen LogP contribution in [0.25, 0.3) is 5.57 Å². The number of rotatable bonds is 10. The van der Waals surface area contributed by atoms with E-state index in [9.17, 15) is 0 Å². The summed E-state index contributed by atoms with van der Waals surface area (Å²) < 4.78 is 0. The highest BCUT2D eigenvalue weighted by Gasteiger charge is 2.13. The van der Waals surface area contributed by atoms with Crippen molar-refractivity contribution in [3.05, 3.63) is 76.5 Å². The molecule has 0 spiro atoms. The molecule has 0 amide bonds. The Balaban J connectivity index is 1.64. The minimum absolute atomic E-state index is 0.714. The van der Waals surface area contributed by atoms with Gasteiger partial charge in [-0.2, -0.15) is 0 Å². The summed E-state index contributed by atoms with van der Waals surface area (Å²) in [7, 11) is 3.93. The van der Waals surface area contributed by atoms with Crippen molar-refractivity contribution in [2.45, 2.75) is 64.5 Å². The molecular weight excluding hydrogens is 366 g/mol. The predicted octanol–water partition coefficient (Wildman–Crippen LogP) is 5.04. The van der Waals surface area contributed by atoms with E-state index < -0.39 is 0 Å². The minimum atomic E-state index is 0.714. The van der Waals surface area contributed by atoms with Crippen LogP contribution in [-0.2, 0) is 19.4 Å². The van der Waals surface area contributed by atoms with E-state index in [-0.39, 0.29) is 0 Å². The predicted molar refractivity (Wildman–Crippen MR) is 130 cm³/mol. The third-order valence-corrected chi connectivity index (χ3v) is 6.26. The van der Waals surface area contributed by atoms with Crippen molar-refractivity contribution in [3.63, 3.8) is 0 Å². The fraction of sp³-hybridized carbons (Fsp3) is 0.481. The zero-order valence-corrected chi connectivity index (χ0v) is 19.1. The number of likely N-dealkylation sites (N-methyl/N-ethyl adjacent to an activating group) is 1. The summed E-state index contributed by atoms with van der Waals surface area (Å²) in [6.45, 7) is 4.14. The minimum Gasteiger partial charge on any atom is -0.394 e. The second kappa shape index (κ2) is 11.9. The van der Waals surface area contributed by atoms with E-state index in [2.05, 4.69) is 71.5 Å². The van der Waals surface area contributed by atoms with Gasteiger partial charge in [0.2, 0.25) is 0 Å². The van der Waals surface area contributed by atoms with Gasteiger partial charge in [0.05, 0.1) is 0 Å². The third kappa shape index (κ3) is 6.45. The Hall–Kier alpha value is -2.10. The molecule has 2 aromatic rings. The number of hydrogen-bond donors (Lipinski definition) is 3. The monoisotopic (exact) mass is 405 g/mol. The van der Waals surface area contributed by atoms with E-state index >= 15 is 0 Å². The normalized spacial score (nSPS) is 15.4. The molecule has 162 valence electrons. The first-order valence-corrected chi connectivity index (χ1v) is 11.7. The Morgan fingerprint density at radius 1 is 0.933 bits per heavy atom. The maximum absolute atomic E-state index is 3.80. The molecule has 3 heteroatoms. The summed E-state index contributed by atoms with van der Waals surface area (Å²) in [5.41, 5.74) is 8.26. The van der Waals surface area contributed by atoms with Crippen molar-refractivity contribution >= 4 is 5.57 Å². The van der Waals surface area contributed by atoms with Crippen LogP contribution in [0.1, 0.15) is 66.8 Å². The molecule has 1 aliphatic carbocycles. The van der Waals surface area contributed by atoms with Crippen molar-refractivity contribution in [2.24, 2.45) is 0 Å². The van der Waals surface area contributed by atoms with Crippen LogP contribution in [0.3, 0.4) is 0 Å². The third-order valence-electron chi connectivity index (χ3n) is 6.26. The Labute approximate surface area is 183 Å². The molecule has 0 saturated heterocycles. The van der Waals surface area contributed by atoms with Gasteiger partial charge in [0.1, 0.15) is 0 Å². The summed E-state index contributed by atoms with van der Waals surface area (Å²) in [6, 6.07) is 16.8. The van der Waals surface area contributed by atoms with Crippen LogP contribution >= 0.6 is 0 Å². The molecule has 2 aromatic carbocycles. The lowest BCUT2D eigenvalue weighted by atomic mass is 9.94. The molecule has 0 aromatic heterocycles. The number of benzene rings is 2. The lowest BCUT2D eigenvalue weighted by molar-refractivity contribution is 0.372. The average Bonchev–Trinajstić information content (AvgIpc) is 2.79. The van der Waals surface area contributed by atoms with Crippen LogP contribution in [0, 0.1) is 0 Å². The number of nitrogens with one attached hydrogen (secondary N) is 3. The first-order valence-electron chi connectivity index (χ1n) is 11.7. The van der Waals surface area contributed by atoms with Gasteiger partial charge >= 0.3 is 0 Å². The van der Waals surface area contributed by atoms with Crippen molar-refractivity contribution < 1.29 is 0 Å². The molecule has 1 aliphatic rings. The van der Waals surface area contributed by atoms with Crippen molar-refractivity contribution in [2.75, 3.05) is 20.6 Å². The van der Waals surface area contributed by atoms with Gasteiger partial charge < -0.3 is 16.0 Å². The molecule has 3 nitrogen and oxygen atoms in total. The van der Waals surface area contributed by atoms with Crippen LogP contribution < -0.4 is 16.0 Å². The van der Waals surface area contributed by atoms with E-state index in [4.69, 9.17) is 0 Å². The van der Waals surface area contributed by atoms with E-state index in [0.717, 1.165) is 25.9 Å². The van der Waals surface area contributed by atoms with Gasteiger partial charge in [0.15, 0.2) is 0 Å². The standard InChI is InChI=1S/C27H39N3/c1-4-23-17-22(12-15-25(23)20-30-27-8-6-5-7-9-27)16-21-10-13-24(14-11-21)26(18-28-2)19-29-3/h10-15,17-18,27-30H,4-9,16,19-20H2,1-3H3/b26-18+. The Bertz CT molecular complexity index is 801. The molecule has 1 saturated carbocycles. The summed E-state index contributed by atoms with van der Waals surface area (Å²) in [4.78, 5) is 0. The van der Waals surface area contributed by atoms with Gasteiger partial charge in [-0.05, 0) is 66.1 Å². The summed E-state index contributed by atoms with van der Waals surface area (Å²) in [5, 5.41) is 10.2. The highest BCUT2D eigenvalue weighted by Crippen LogP contribution is 2.21. The average molecular weight is 406 g/mol. The molecule has 0 atom stereocenters. The molecule has 3 rings (SSSR count). The van der Waals surface area contributed by atoms with Crippen LogP contribution in [0.2, 0.25) is 0 Å². The molecule has 0 heterocycles. The molecule has 3 N–H and O–H groups in total. The van der Waals surface area contributed by atoms with Gasteiger partial charge in [-0.1, -0.05) is 68.7 Å². The van der Waals surface area contributed by atoms with E-state index in [1.807, 2.05) is 14.1 Å². The molecular formula is C27H39N3. The Morgan fingerprint density at radius 2 is 1.67 bits per heavy atom. The van der Waals surface area contributed by atoms with Gasteiger partial charge in [-0.25, -0.2) is 0 Å². The quantitative estimate of drug-likeness (QED) is 0.518. The SMILES string of the molecule is CCc1cc(Cc2ccc(/C(=C/NC)CNC)cc2)ccc1CNC1CCCCC1. The zero-order valence-electron chi connectivity index (χ0n) is 19.1. The summed E-state index contributed by atoms with van der Waals surface area (Å²) >= 11 is 0. The maximum atomic E-state index is 3.80. The number of aryl methyl sites for hydroxylation is 1. The molecule has 0 aliphatic heterocycles. The zero-order chi connectivity index (χ0) is 21.2. The Kier molecular flexibility index (Phi) is 8.98. The second-order valence-corrected chi connectivity index (χ2v) is 8.53. The van der Waals surface area contributed by atoms with Crippen LogP contribution in [0.5, 0.6) is 0 Å². The van der Waals surface area contributed by atoms with Gasteiger partial charge in [0.25, 0.3) is 0 Å². The topological polar surface area (TPSA) is 36.1 Å². The Morgan fingerprint density at radius 3 is 2.33 bits per heavy atom. The van der Waals surface area contributed by atoms with Crippen molar-refractivity contribution in [3.8, 4) is 0 Å². The maximum Gasteiger partial charge on any atom is 0.0222 e. The highest BCUT2D eigenvalue weighted by atomic mass is 14.9. The van der Waals surface area contributed by atoms with Crippen molar-refractivity contribution in [1.29, 1.82) is 0 Å². The smallest absolute Gasteiger partial charge is 0.0222 e. The van der Waals surface area contributed by atoms with Gasteiger partial charge in [-0.3, -0.25) is 0 Å². The van der Waals surface area contributed by atoms with E-state index in [1.54, 1.807) is 0 Å². The lowest BCUT2D eigenvalue weighted by Crippen LogP contribution is -2.30. The first-order chi connectivity index (χ1) is 14.7. The molecule has 0 bridgehead atoms. The molecule has 30 heavy (non-hydrogen) atoms. The second-order valence-electron chi connectivity index (χ2n) is 8.53. The molecule has 1 fully saturated rings. The van der Waals surface area contributed by atoms with Crippen LogP contribution in [-0.4, -0.2) is 26.7 Å². The molecule has 0 unspecified atom stereocenters. The van der Waals surface area contributed by atoms with Crippen LogP contribution in [0.4, 0.5) is 0 Å². The highest BCUT2D eigenvalue weighted by molar-refractivity contribution is 5.66. The van der Waals surface area contributed by atoms with Crippen molar-refractivity contribution in [1.82, 2.24) is 16.0 Å². The van der Waals surface area contributed by atoms with E-state index in [0.29, 0.717) is 6.04 Å². The number of hydrogen-bond acceptors (Lipinski definition) is 3. The molecule has 0 radical (unpaired) electrons. The largest absolute Gasteiger partial charge is 0.394 e.